The highest BCUT2D eigenvalue weighted by Crippen LogP contribution is 2.44. The van der Waals surface area contributed by atoms with E-state index in [1.165, 1.54) is 0 Å². The van der Waals surface area contributed by atoms with Crippen LogP contribution in [0.25, 0.3) is 39.3 Å². The van der Waals surface area contributed by atoms with E-state index in [4.69, 9.17) is 15.1 Å². The molecule has 5 amide bonds. The molecular weight excluding hydrogens is 1040 g/mol. The second-order valence-corrected chi connectivity index (χ2v) is 21.2. The maximum absolute atomic E-state index is 13.8. The van der Waals surface area contributed by atoms with Gasteiger partial charge in [0.05, 0.1) is 22.6 Å². The fourth-order valence-corrected chi connectivity index (χ4v) is 10.9. The zero-order valence-electron chi connectivity index (χ0n) is 46.9. The number of carbonyl (C=O) groups is 9. The van der Waals surface area contributed by atoms with Crippen molar-refractivity contribution >= 4 is 92.7 Å². The van der Waals surface area contributed by atoms with Gasteiger partial charge in [-0.3, -0.25) is 29.0 Å². The van der Waals surface area contributed by atoms with Gasteiger partial charge in [0.15, 0.2) is 5.78 Å². The lowest BCUT2D eigenvalue weighted by atomic mass is 9.85. The van der Waals surface area contributed by atoms with E-state index < -0.39 is 60.4 Å². The van der Waals surface area contributed by atoms with Crippen molar-refractivity contribution in [1.29, 1.82) is 0 Å². The third-order valence-corrected chi connectivity index (χ3v) is 15.6. The molecule has 0 aromatic carbocycles. The first-order valence-electron chi connectivity index (χ1n) is 28.0. The van der Waals surface area contributed by atoms with E-state index in [1.54, 1.807) is 0 Å². The van der Waals surface area contributed by atoms with Gasteiger partial charge < -0.3 is 57.0 Å². The zero-order valence-corrected chi connectivity index (χ0v) is 46.9. The molecule has 0 saturated carbocycles. The van der Waals surface area contributed by atoms with Crippen LogP contribution < -0.4 is 26.6 Å². The second-order valence-electron chi connectivity index (χ2n) is 21.2. The number of amides is 5. The topological polar surface area (TPSA) is 352 Å². The number of carbonyl (C=O) groups excluding carboxylic acids is 5. The summed E-state index contributed by atoms with van der Waals surface area (Å²) in [6.45, 7) is 15.0. The Morgan fingerprint density at radius 2 is 1.23 bits per heavy atom. The van der Waals surface area contributed by atoms with Crippen molar-refractivity contribution in [3.63, 3.8) is 0 Å². The normalized spacial score (nSPS) is 15.6. The summed E-state index contributed by atoms with van der Waals surface area (Å²) in [7, 11) is 0. The average Bonchev–Trinajstić information content (AvgIpc) is 4.39. The minimum absolute atomic E-state index is 0.00207. The van der Waals surface area contributed by atoms with Crippen molar-refractivity contribution in [3.8, 4) is 0 Å². The number of ketones is 1. The maximum Gasteiger partial charge on any atom is 0.326 e. The van der Waals surface area contributed by atoms with Crippen molar-refractivity contribution in [2.24, 2.45) is 0 Å². The number of aryl methyl sites for hydroxylation is 2. The highest BCUT2D eigenvalue weighted by atomic mass is 16.4. The Labute approximate surface area is 469 Å². The smallest absolute Gasteiger partial charge is 0.326 e. The fourth-order valence-electron chi connectivity index (χ4n) is 10.9. The van der Waals surface area contributed by atoms with E-state index in [2.05, 4.69) is 76.0 Å². The molecule has 22 heteroatoms. The number of aromatic amines is 2. The van der Waals surface area contributed by atoms with Gasteiger partial charge >= 0.3 is 29.9 Å². The van der Waals surface area contributed by atoms with Gasteiger partial charge in [0.25, 0.3) is 0 Å². The van der Waals surface area contributed by atoms with E-state index in [0.29, 0.717) is 69.9 Å². The number of hydrogen-bond acceptors (Lipinski definition) is 11. The molecular formula is C59H77N9O13. The molecule has 3 aromatic heterocycles. The number of fused-ring (bicyclic) bond motifs is 8. The highest BCUT2D eigenvalue weighted by molar-refractivity contribution is 6.13. The summed E-state index contributed by atoms with van der Waals surface area (Å²) in [5.41, 5.74) is 13.3. The first kappa shape index (κ1) is 62.0. The molecule has 8 bridgehead atoms. The van der Waals surface area contributed by atoms with Crippen LogP contribution >= 0.6 is 0 Å². The van der Waals surface area contributed by atoms with Crippen molar-refractivity contribution in [3.05, 3.63) is 75.4 Å². The lowest BCUT2D eigenvalue weighted by Crippen LogP contribution is -2.51. The predicted molar refractivity (Wildman–Crippen MR) is 304 cm³/mol. The number of nitrogens with one attached hydrogen (secondary N) is 7. The molecule has 436 valence electrons. The van der Waals surface area contributed by atoms with E-state index in [0.717, 1.165) is 84.7 Å². The van der Waals surface area contributed by atoms with Gasteiger partial charge in [-0.15, -0.1) is 0 Å². The summed E-state index contributed by atoms with van der Waals surface area (Å²) in [5.74, 6) is -6.20. The summed E-state index contributed by atoms with van der Waals surface area (Å²) >= 11 is 0. The monoisotopic (exact) mass is 1120 g/mol. The number of urea groups is 1. The lowest BCUT2D eigenvalue weighted by molar-refractivity contribution is -0.142. The largest absolute Gasteiger partial charge is 0.481 e. The maximum atomic E-state index is 13.8. The van der Waals surface area contributed by atoms with E-state index in [1.807, 2.05) is 26.0 Å². The molecule has 1 unspecified atom stereocenters. The number of aromatic nitrogens is 4. The standard InChI is InChI=1S/C59H77N9O13/c1-7-35-31(3)42-28-44-33(5)37(54(65-44)38-27-48(69)53-34(6)45(66-55(38)53)30-47-36(8-2)32(4)43(63-47)29-46(35)62-42)21-23-50(71)61-26-15-13-17-39(56(75)76)64-51(72)20-12-10-9-11-19-49(70)60-25-16-14-18-40(57(77)78)67-59(81)68-41(58(79)80)22-24-52(73)74/h7,28-30,33,37,39-41,62,66H,1,8-27H2,2-6H3,(H,60,70)(H,61,71)(H,64,72)(H,73,74)(H,75,76)(H,77,78)(H,79,80)(H2,67,68,81)/t33-,37-,39?,40+,41+/m1/s1. The Morgan fingerprint density at radius 3 is 1.83 bits per heavy atom. The molecule has 3 aliphatic rings. The molecule has 22 nitrogen and oxygen atoms in total. The van der Waals surface area contributed by atoms with Gasteiger partial charge in [-0.25, -0.2) is 24.2 Å². The van der Waals surface area contributed by atoms with Crippen LogP contribution in [0.2, 0.25) is 0 Å². The number of Topliss-reactive ketones (excluding diaryl/α,β-unsaturated/α-hetero) is 1. The SMILES string of the molecule is C=Cc1c(C)c2cc3nc(c4c5[nH]c(cc6nc(cc1[nH]2)C(C)=C6CC)c(C)c5C(=O)C4)[C@H](CCC(=O)NCCCCC(NC(=O)CCCCCCC(=O)NCCCC[C@H](NC(=O)N[C@@H](CCC(=O)O)C(=O)O)C(=O)O)C(=O)O)[C@H]3C. The number of carboxylic acid groups (broad SMARTS) is 4. The predicted octanol–water partition coefficient (Wildman–Crippen LogP) is 7.88. The zero-order chi connectivity index (χ0) is 59.1. The van der Waals surface area contributed by atoms with Crippen LogP contribution in [-0.2, 0) is 40.0 Å². The van der Waals surface area contributed by atoms with Crippen molar-refractivity contribution in [1.82, 2.24) is 46.5 Å². The molecule has 2 aliphatic heterocycles. The number of carboxylic acids is 4. The molecule has 11 N–H and O–H groups in total. The highest BCUT2D eigenvalue weighted by Gasteiger charge is 2.36. The molecule has 0 fully saturated rings. The Hall–Kier alpha value is -8.17. The van der Waals surface area contributed by atoms with Crippen LogP contribution in [0, 0.1) is 13.8 Å². The Bertz CT molecular complexity index is 3140. The summed E-state index contributed by atoms with van der Waals surface area (Å²) in [4.78, 5) is 128. The molecule has 81 heavy (non-hydrogen) atoms. The second kappa shape index (κ2) is 28.8. The molecule has 6 rings (SSSR count). The average molecular weight is 1120 g/mol. The van der Waals surface area contributed by atoms with Gasteiger partial charge in [0, 0.05) is 96.0 Å². The molecule has 1 aliphatic carbocycles. The van der Waals surface area contributed by atoms with Gasteiger partial charge in [-0.1, -0.05) is 39.3 Å². The van der Waals surface area contributed by atoms with Gasteiger partial charge in [0.2, 0.25) is 17.7 Å². The van der Waals surface area contributed by atoms with Gasteiger partial charge in [-0.05, 0) is 132 Å². The quantitative estimate of drug-likeness (QED) is 0.0273. The number of rotatable bonds is 31. The molecule has 3 aromatic rings. The molecule has 5 atom stereocenters. The van der Waals surface area contributed by atoms with Crippen LogP contribution in [0.15, 0.2) is 24.8 Å². The minimum Gasteiger partial charge on any atom is -0.481 e. The van der Waals surface area contributed by atoms with E-state index in [-0.39, 0.29) is 80.9 Å². The lowest BCUT2D eigenvalue weighted by Gasteiger charge is -2.18. The summed E-state index contributed by atoms with van der Waals surface area (Å²) in [5, 5.41) is 49.9. The van der Waals surface area contributed by atoms with E-state index >= 15 is 0 Å². The number of nitrogens with zero attached hydrogens (tertiary/aromatic N) is 2. The van der Waals surface area contributed by atoms with Crippen molar-refractivity contribution in [2.45, 2.75) is 180 Å². The summed E-state index contributed by atoms with van der Waals surface area (Å²) in [6, 6.07) is 1.16. The minimum atomic E-state index is -1.51. The third kappa shape index (κ3) is 16.2. The Morgan fingerprint density at radius 1 is 0.667 bits per heavy atom. The molecule has 0 spiro atoms. The van der Waals surface area contributed by atoms with Crippen molar-refractivity contribution in [2.75, 3.05) is 13.1 Å². The molecule has 0 saturated heterocycles. The number of allylic oxidation sites excluding steroid dienone is 2. The number of H-pyrrole nitrogens is 2. The van der Waals surface area contributed by atoms with Crippen LogP contribution in [0.3, 0.4) is 0 Å². The fraction of sp³-hybridized carbons (Fsp3) is 0.508. The number of unbranched alkanes of at least 4 members (excludes halogenated alkanes) is 5. The summed E-state index contributed by atoms with van der Waals surface area (Å²) < 4.78 is 0. The van der Waals surface area contributed by atoms with Crippen LogP contribution in [-0.4, -0.2) is 125 Å². The number of hydrogen-bond donors (Lipinski definition) is 11. The number of aliphatic carboxylic acids is 4. The van der Waals surface area contributed by atoms with Crippen LogP contribution in [0.5, 0.6) is 0 Å². The van der Waals surface area contributed by atoms with Gasteiger partial charge in [-0.2, -0.15) is 0 Å². The summed E-state index contributed by atoms with van der Waals surface area (Å²) in [6.07, 6.45) is 7.13. The third-order valence-electron chi connectivity index (χ3n) is 15.6. The Kier molecular flexibility index (Phi) is 22.1. The Balaban J connectivity index is 0.916. The van der Waals surface area contributed by atoms with Gasteiger partial charge in [0.1, 0.15) is 18.1 Å². The molecule has 5 heterocycles. The molecule has 0 radical (unpaired) electrons. The van der Waals surface area contributed by atoms with E-state index in [9.17, 15) is 58.5 Å². The first-order valence-corrected chi connectivity index (χ1v) is 28.0. The van der Waals surface area contributed by atoms with Crippen molar-refractivity contribution < 1.29 is 63.6 Å². The van der Waals surface area contributed by atoms with Crippen LogP contribution in [0.4, 0.5) is 4.79 Å². The van der Waals surface area contributed by atoms with Crippen LogP contribution in [0.1, 0.15) is 197 Å². The first-order chi connectivity index (χ1) is 38.6.